The summed E-state index contributed by atoms with van der Waals surface area (Å²) < 4.78 is 15.6. The number of rotatable bonds is 5. The normalized spacial score (nSPS) is 10.2. The highest BCUT2D eigenvalue weighted by molar-refractivity contribution is 5.86. The fourth-order valence-electron chi connectivity index (χ4n) is 2.37. The number of nitrogen functional groups attached to an aromatic ring is 2. The highest BCUT2D eigenvalue weighted by Crippen LogP contribution is 2.28. The minimum atomic E-state index is -0.564. The number of aromatic nitrogens is 2. The SMILES string of the molecule is COC(=O)c1ccc(COc2cccc(-c3nc(N)nc(N)c3C#N)c2)o1. The number of ether oxygens (including phenoxy) is 2. The van der Waals surface area contributed by atoms with E-state index in [-0.39, 0.29) is 29.7 Å². The van der Waals surface area contributed by atoms with Crippen LogP contribution in [0.5, 0.6) is 5.75 Å². The second-order valence-corrected chi connectivity index (χ2v) is 5.38. The number of furan rings is 1. The Labute approximate surface area is 154 Å². The maximum absolute atomic E-state index is 11.4. The molecule has 0 saturated carbocycles. The number of methoxy groups -OCH3 is 1. The topological polar surface area (TPSA) is 150 Å². The van der Waals surface area contributed by atoms with E-state index < -0.39 is 5.97 Å². The molecule has 0 atom stereocenters. The fraction of sp³-hybridized carbons (Fsp3) is 0.111. The first-order valence-corrected chi connectivity index (χ1v) is 7.75. The predicted molar refractivity (Wildman–Crippen MR) is 95.4 cm³/mol. The molecule has 4 N–H and O–H groups in total. The van der Waals surface area contributed by atoms with Gasteiger partial charge in [0.1, 0.15) is 35.6 Å². The molecule has 3 rings (SSSR count). The molecule has 0 aliphatic rings. The zero-order valence-corrected chi connectivity index (χ0v) is 14.3. The molecule has 0 unspecified atom stereocenters. The van der Waals surface area contributed by atoms with Crippen molar-refractivity contribution in [3.8, 4) is 23.1 Å². The zero-order chi connectivity index (χ0) is 19.4. The van der Waals surface area contributed by atoms with E-state index >= 15 is 0 Å². The Bertz CT molecular complexity index is 1040. The minimum absolute atomic E-state index is 0.0113. The van der Waals surface area contributed by atoms with Crippen molar-refractivity contribution in [3.63, 3.8) is 0 Å². The molecule has 27 heavy (non-hydrogen) atoms. The van der Waals surface area contributed by atoms with Crippen molar-refractivity contribution in [1.29, 1.82) is 5.26 Å². The van der Waals surface area contributed by atoms with Gasteiger partial charge in [0.15, 0.2) is 0 Å². The summed E-state index contributed by atoms with van der Waals surface area (Å²) in [6.45, 7) is 0.0968. The lowest BCUT2D eigenvalue weighted by molar-refractivity contribution is 0.0561. The summed E-state index contributed by atoms with van der Waals surface area (Å²) in [5.74, 6) is 0.467. The first-order chi connectivity index (χ1) is 13.0. The third kappa shape index (κ3) is 3.80. The van der Waals surface area contributed by atoms with Crippen LogP contribution in [0.25, 0.3) is 11.3 Å². The van der Waals surface area contributed by atoms with Crippen LogP contribution in [-0.4, -0.2) is 23.0 Å². The van der Waals surface area contributed by atoms with Gasteiger partial charge in [-0.15, -0.1) is 0 Å². The molecule has 0 radical (unpaired) electrons. The number of nitriles is 1. The molecule has 3 aromatic rings. The first kappa shape index (κ1) is 17.8. The monoisotopic (exact) mass is 365 g/mol. The van der Waals surface area contributed by atoms with Gasteiger partial charge in [0.05, 0.1) is 12.8 Å². The van der Waals surface area contributed by atoms with Gasteiger partial charge >= 0.3 is 5.97 Å². The smallest absolute Gasteiger partial charge is 0.373 e. The highest BCUT2D eigenvalue weighted by Gasteiger charge is 2.14. The number of anilines is 2. The number of nitrogens with zero attached hydrogens (tertiary/aromatic N) is 3. The molecule has 0 amide bonds. The average molecular weight is 365 g/mol. The van der Waals surface area contributed by atoms with E-state index in [1.165, 1.54) is 13.2 Å². The molecule has 0 aliphatic heterocycles. The molecule has 9 nitrogen and oxygen atoms in total. The van der Waals surface area contributed by atoms with Gasteiger partial charge < -0.3 is 25.4 Å². The Morgan fingerprint density at radius 3 is 2.81 bits per heavy atom. The van der Waals surface area contributed by atoms with Crippen LogP contribution in [0.1, 0.15) is 21.9 Å². The number of carbonyl (C=O) groups excluding carboxylic acids is 1. The molecule has 2 aromatic heterocycles. The third-order valence-electron chi connectivity index (χ3n) is 3.60. The van der Waals surface area contributed by atoms with Gasteiger partial charge in [0, 0.05) is 5.56 Å². The Balaban J connectivity index is 1.82. The number of hydrogen-bond acceptors (Lipinski definition) is 9. The Morgan fingerprint density at radius 1 is 1.26 bits per heavy atom. The Kier molecular flexibility index (Phi) is 4.90. The van der Waals surface area contributed by atoms with E-state index in [2.05, 4.69) is 14.7 Å². The number of nitrogens with two attached hydrogens (primary N) is 2. The van der Waals surface area contributed by atoms with Crippen LogP contribution < -0.4 is 16.2 Å². The van der Waals surface area contributed by atoms with Gasteiger partial charge in [-0.05, 0) is 24.3 Å². The number of benzene rings is 1. The van der Waals surface area contributed by atoms with Crippen molar-refractivity contribution in [2.45, 2.75) is 6.61 Å². The summed E-state index contributed by atoms with van der Waals surface area (Å²) in [7, 11) is 1.27. The number of hydrogen-bond donors (Lipinski definition) is 2. The third-order valence-corrected chi connectivity index (χ3v) is 3.60. The maximum Gasteiger partial charge on any atom is 0.373 e. The molecule has 0 fully saturated rings. The summed E-state index contributed by atoms with van der Waals surface area (Å²) in [6, 6.07) is 12.0. The lowest BCUT2D eigenvalue weighted by Crippen LogP contribution is -2.05. The maximum atomic E-state index is 11.4. The zero-order valence-electron chi connectivity index (χ0n) is 14.3. The van der Waals surface area contributed by atoms with Gasteiger partial charge in [-0.25, -0.2) is 9.78 Å². The van der Waals surface area contributed by atoms with E-state index in [1.54, 1.807) is 30.3 Å². The van der Waals surface area contributed by atoms with Crippen molar-refractivity contribution < 1.29 is 18.7 Å². The van der Waals surface area contributed by atoms with Crippen LogP contribution in [0.2, 0.25) is 0 Å². The van der Waals surface area contributed by atoms with Gasteiger partial charge in [-0.1, -0.05) is 12.1 Å². The van der Waals surface area contributed by atoms with E-state index in [1.807, 2.05) is 6.07 Å². The average Bonchev–Trinajstić information content (AvgIpc) is 3.14. The van der Waals surface area contributed by atoms with Crippen LogP contribution >= 0.6 is 0 Å². The van der Waals surface area contributed by atoms with E-state index in [4.69, 9.17) is 20.6 Å². The Hall–Kier alpha value is -4.06. The summed E-state index contributed by atoms with van der Waals surface area (Å²) in [6.07, 6.45) is 0. The number of carbonyl (C=O) groups is 1. The first-order valence-electron chi connectivity index (χ1n) is 7.75. The minimum Gasteiger partial charge on any atom is -0.486 e. The lowest BCUT2D eigenvalue weighted by Gasteiger charge is -2.09. The lowest BCUT2D eigenvalue weighted by atomic mass is 10.1. The molecular formula is C18H15N5O4. The van der Waals surface area contributed by atoms with E-state index in [0.717, 1.165) is 0 Å². The summed E-state index contributed by atoms with van der Waals surface area (Å²) >= 11 is 0. The number of esters is 1. The predicted octanol–water partition coefficient (Wildman–Crippen LogP) is 2.14. The van der Waals surface area contributed by atoms with E-state index in [0.29, 0.717) is 22.8 Å². The molecular weight excluding hydrogens is 350 g/mol. The molecule has 0 spiro atoms. The molecule has 9 heteroatoms. The molecule has 0 bridgehead atoms. The van der Waals surface area contributed by atoms with Crippen molar-refractivity contribution in [3.05, 3.63) is 53.5 Å². The molecule has 136 valence electrons. The molecule has 2 heterocycles. The Morgan fingerprint density at radius 2 is 2.07 bits per heavy atom. The van der Waals surface area contributed by atoms with Crippen LogP contribution in [0.15, 0.2) is 40.8 Å². The molecule has 0 saturated heterocycles. The standard InChI is InChI=1S/C18H15N5O4/c1-25-17(24)14-6-5-12(27-14)9-26-11-4-2-3-10(7-11)15-13(8-19)16(20)23-18(21)22-15/h2-7H,9H2,1H3,(H4,20,21,22,23). The van der Waals surface area contributed by atoms with Gasteiger partial charge in [0.2, 0.25) is 11.7 Å². The van der Waals surface area contributed by atoms with Crippen LogP contribution in [0.3, 0.4) is 0 Å². The van der Waals surface area contributed by atoms with Gasteiger partial charge in [-0.3, -0.25) is 0 Å². The van der Waals surface area contributed by atoms with Crippen molar-refractivity contribution in [2.75, 3.05) is 18.6 Å². The summed E-state index contributed by atoms with van der Waals surface area (Å²) in [4.78, 5) is 19.3. The second-order valence-electron chi connectivity index (χ2n) is 5.38. The fourth-order valence-corrected chi connectivity index (χ4v) is 2.37. The van der Waals surface area contributed by atoms with Crippen molar-refractivity contribution >= 4 is 17.7 Å². The highest BCUT2D eigenvalue weighted by atomic mass is 16.5. The summed E-state index contributed by atoms with van der Waals surface area (Å²) in [5.41, 5.74) is 12.4. The summed E-state index contributed by atoms with van der Waals surface area (Å²) in [5, 5.41) is 9.31. The van der Waals surface area contributed by atoms with E-state index in [9.17, 15) is 10.1 Å². The second kappa shape index (κ2) is 7.45. The van der Waals surface area contributed by atoms with Gasteiger partial charge in [-0.2, -0.15) is 10.2 Å². The van der Waals surface area contributed by atoms with Crippen LogP contribution in [0, 0.1) is 11.3 Å². The van der Waals surface area contributed by atoms with Crippen LogP contribution in [0.4, 0.5) is 11.8 Å². The largest absolute Gasteiger partial charge is 0.486 e. The molecule has 0 aliphatic carbocycles. The van der Waals surface area contributed by atoms with Crippen LogP contribution in [-0.2, 0) is 11.3 Å². The van der Waals surface area contributed by atoms with Crippen molar-refractivity contribution in [2.24, 2.45) is 0 Å². The van der Waals surface area contributed by atoms with Crippen molar-refractivity contribution in [1.82, 2.24) is 9.97 Å². The quantitative estimate of drug-likeness (QED) is 0.648. The molecule has 1 aromatic carbocycles. The van der Waals surface area contributed by atoms with Gasteiger partial charge in [0.25, 0.3) is 0 Å².